The van der Waals surface area contributed by atoms with E-state index in [9.17, 15) is 5.11 Å². The number of nitrogens with two attached hydrogens (primary N) is 1. The molecule has 0 aliphatic rings. The number of phenols is 1. The molecule has 0 amide bonds. The number of phenolic OH excluding ortho intramolecular Hbond substituents is 1. The number of nitrogens with one attached hydrogen (secondary N) is 2. The van der Waals surface area contributed by atoms with Crippen LogP contribution in [-0.2, 0) is 0 Å². The number of hydrogen-bond acceptors (Lipinski definition) is 4. The number of H-pyrrole nitrogens is 2. The monoisotopic (exact) mass is 305 g/mol. The van der Waals surface area contributed by atoms with Crippen molar-refractivity contribution in [3.63, 3.8) is 0 Å². The molecule has 104 valence electrons. The number of hydrogen-bond donors (Lipinski definition) is 4. The first-order valence-electron chi connectivity index (χ1n) is 5.18. The summed E-state index contributed by atoms with van der Waals surface area (Å²) in [5.41, 5.74) is 0. The molecule has 9 heteroatoms. The van der Waals surface area contributed by atoms with Gasteiger partial charge in [0.25, 0.3) is 0 Å². The lowest BCUT2D eigenvalue weighted by molar-refractivity contribution is 0.340. The lowest BCUT2D eigenvalue weighted by Gasteiger charge is -2.08. The molecule has 0 spiro atoms. The summed E-state index contributed by atoms with van der Waals surface area (Å²) in [4.78, 5) is 1.97. The van der Waals surface area contributed by atoms with Crippen molar-refractivity contribution < 1.29 is 14.6 Å². The Hall–Kier alpha value is -1.93. The second-order valence-corrected chi connectivity index (χ2v) is 5.53. The van der Waals surface area contributed by atoms with Gasteiger partial charge in [0.1, 0.15) is 10.7 Å². The van der Waals surface area contributed by atoms with Crippen LogP contribution in [0.5, 0.6) is 17.2 Å². The summed E-state index contributed by atoms with van der Waals surface area (Å²) in [5.74, 6) is 6.19. The Bertz CT molecular complexity index is 580. The van der Waals surface area contributed by atoms with Crippen LogP contribution in [0.2, 0.25) is 5.15 Å². The van der Waals surface area contributed by atoms with Gasteiger partial charge in [0.2, 0.25) is 16.0 Å². The zero-order valence-electron chi connectivity index (χ0n) is 10.3. The Morgan fingerprint density at radius 1 is 1.32 bits per heavy atom. The van der Waals surface area contributed by atoms with Crippen LogP contribution in [0.15, 0.2) is 17.5 Å². The number of aromatic hydroxyl groups is 1. The van der Waals surface area contributed by atoms with Gasteiger partial charge in [0, 0.05) is 12.1 Å². The predicted molar refractivity (Wildman–Crippen MR) is 74.5 cm³/mol. The van der Waals surface area contributed by atoms with E-state index < -0.39 is 10.7 Å². The lowest BCUT2D eigenvalue weighted by Crippen LogP contribution is -2.16. The highest BCUT2D eigenvalue weighted by atomic mass is 35.5. The molecule has 1 aromatic carbocycles. The first-order chi connectivity index (χ1) is 9.05. The molecule has 0 fully saturated rings. The number of aromatic nitrogens is 3. The van der Waals surface area contributed by atoms with E-state index in [2.05, 4.69) is 9.59 Å². The molecule has 0 aliphatic heterocycles. The van der Waals surface area contributed by atoms with Crippen molar-refractivity contribution in [3.05, 3.63) is 22.7 Å². The zero-order chi connectivity index (χ0) is 14.0. The molecule has 0 bridgehead atoms. The van der Waals surface area contributed by atoms with Gasteiger partial charge < -0.3 is 20.4 Å². The van der Waals surface area contributed by atoms with Crippen molar-refractivity contribution in [1.29, 1.82) is 0 Å². The number of rotatable bonds is 3. The van der Waals surface area contributed by atoms with Gasteiger partial charge in [-0.15, -0.1) is 0 Å². The summed E-state index contributed by atoms with van der Waals surface area (Å²) in [7, 11) is 2.36. The molecule has 5 N–H and O–H groups in total. The second kappa shape index (κ2) is 5.37. The minimum absolute atomic E-state index is 0.0489. The maximum Gasteiger partial charge on any atom is 0.210 e. The van der Waals surface area contributed by atoms with Crippen molar-refractivity contribution in [1.82, 2.24) is 14.5 Å². The summed E-state index contributed by atoms with van der Waals surface area (Å²) in [5, 5.41) is 14.7. The Balaban J connectivity index is 2.61. The number of ether oxygens (including phenoxy) is 2. The Morgan fingerprint density at radius 3 is 2.37 bits per heavy atom. The molecule has 2 rings (SSSR count). The molecule has 0 saturated carbocycles. The number of methoxy groups -OCH3 is 2. The third kappa shape index (κ3) is 2.74. The van der Waals surface area contributed by atoms with Crippen molar-refractivity contribution >= 4 is 22.3 Å². The first kappa shape index (κ1) is 13.5. The fourth-order valence-electron chi connectivity index (χ4n) is 1.52. The number of aromatic amines is 2. The molecule has 2 aromatic rings. The summed E-state index contributed by atoms with van der Waals surface area (Å²) in [6, 6.07) is 3.38. The number of halogens is 1. The highest BCUT2D eigenvalue weighted by Gasteiger charge is 2.19. The summed E-state index contributed by atoms with van der Waals surface area (Å²) >= 11 is 5.92. The molecule has 0 aliphatic carbocycles. The SMILES string of the molecule is COc1cc(-[s+]2cc(Cl)[nH]n(N)[nH]2)cc(OC)c1O. The molecule has 1 unspecified atom stereocenters. The number of nitrogens with zero attached hydrogens (tertiary/aromatic N) is 1. The molecule has 19 heavy (non-hydrogen) atoms. The Labute approximate surface area is 116 Å². The fourth-order valence-corrected chi connectivity index (χ4v) is 3.15. The summed E-state index contributed by atoms with van der Waals surface area (Å²) < 4.78 is 13.2. The molecule has 0 saturated heterocycles. The van der Waals surface area contributed by atoms with Gasteiger partial charge >= 0.3 is 0 Å². The van der Waals surface area contributed by atoms with E-state index in [0.717, 1.165) is 9.80 Å². The molecule has 7 nitrogen and oxygen atoms in total. The third-order valence-electron chi connectivity index (χ3n) is 2.35. The maximum absolute atomic E-state index is 9.86. The smallest absolute Gasteiger partial charge is 0.210 e. The molecular weight excluding hydrogens is 292 g/mol. The average Bonchev–Trinajstić information content (AvgIpc) is 2.37. The predicted octanol–water partition coefficient (Wildman–Crippen LogP) is 2.10. The quantitative estimate of drug-likeness (QED) is 0.515. The molecule has 1 aromatic heterocycles. The van der Waals surface area contributed by atoms with Crippen molar-refractivity contribution in [2.75, 3.05) is 20.1 Å². The topological polar surface area (TPSA) is 101 Å². The Kier molecular flexibility index (Phi) is 3.82. The maximum atomic E-state index is 9.86. The van der Waals surface area contributed by atoms with Gasteiger partial charge in [-0.1, -0.05) is 21.0 Å². The third-order valence-corrected chi connectivity index (χ3v) is 4.28. The lowest BCUT2D eigenvalue weighted by atomic mass is 10.3. The van der Waals surface area contributed by atoms with Gasteiger partial charge in [-0.25, -0.2) is 5.10 Å². The van der Waals surface area contributed by atoms with Crippen LogP contribution >= 0.6 is 22.3 Å². The number of nitrogen functional groups attached to an aromatic ring is 1. The normalized spacial score (nSPS) is 11.2. The minimum atomic E-state index is -0.577. The molecular formula is C10H14ClN4O3S+. The van der Waals surface area contributed by atoms with Crippen LogP contribution in [0.4, 0.5) is 0 Å². The van der Waals surface area contributed by atoms with Crippen LogP contribution in [-0.4, -0.2) is 33.8 Å². The van der Waals surface area contributed by atoms with Gasteiger partial charge in [0.15, 0.2) is 16.7 Å². The first-order valence-corrected chi connectivity index (χ1v) is 6.85. The second-order valence-electron chi connectivity index (χ2n) is 3.55. The molecule has 0 radical (unpaired) electrons. The fraction of sp³-hybridized carbons (Fsp3) is 0.200. The summed E-state index contributed by atoms with van der Waals surface area (Å²) in [6.07, 6.45) is 0. The van der Waals surface area contributed by atoms with E-state index in [0.29, 0.717) is 16.7 Å². The minimum Gasteiger partial charge on any atom is -0.502 e. The van der Waals surface area contributed by atoms with E-state index in [-0.39, 0.29) is 5.75 Å². The van der Waals surface area contributed by atoms with Crippen LogP contribution in [0.3, 0.4) is 0 Å². The highest BCUT2D eigenvalue weighted by molar-refractivity contribution is 7.33. The van der Waals surface area contributed by atoms with E-state index in [1.807, 2.05) is 0 Å². The van der Waals surface area contributed by atoms with Gasteiger partial charge in [-0.05, 0) is 0 Å². The van der Waals surface area contributed by atoms with E-state index in [1.165, 1.54) is 14.2 Å². The molecule has 1 heterocycles. The Morgan fingerprint density at radius 2 is 1.89 bits per heavy atom. The molecule has 1 atom stereocenters. The van der Waals surface area contributed by atoms with E-state index >= 15 is 0 Å². The van der Waals surface area contributed by atoms with Crippen LogP contribution in [0, 0.1) is 0 Å². The van der Waals surface area contributed by atoms with Crippen molar-refractivity contribution in [2.45, 2.75) is 0 Å². The van der Waals surface area contributed by atoms with Crippen LogP contribution < -0.4 is 15.3 Å². The van der Waals surface area contributed by atoms with E-state index in [1.54, 1.807) is 17.5 Å². The van der Waals surface area contributed by atoms with E-state index in [4.69, 9.17) is 26.9 Å². The van der Waals surface area contributed by atoms with Crippen molar-refractivity contribution in [3.8, 4) is 22.1 Å². The van der Waals surface area contributed by atoms with Gasteiger partial charge in [-0.3, -0.25) is 0 Å². The van der Waals surface area contributed by atoms with Crippen LogP contribution in [0.1, 0.15) is 0 Å². The van der Waals surface area contributed by atoms with Crippen molar-refractivity contribution in [2.24, 2.45) is 0 Å². The van der Waals surface area contributed by atoms with Gasteiger partial charge in [0.05, 0.1) is 14.2 Å². The summed E-state index contributed by atoms with van der Waals surface area (Å²) in [6.45, 7) is 0. The average molecular weight is 306 g/mol. The largest absolute Gasteiger partial charge is 0.502 e. The highest BCUT2D eigenvalue weighted by Crippen LogP contribution is 2.42. The number of benzene rings is 1. The zero-order valence-corrected chi connectivity index (χ0v) is 11.9. The van der Waals surface area contributed by atoms with Crippen LogP contribution in [0.25, 0.3) is 4.90 Å². The standard InChI is InChI=1S/C10H13ClN4O3S/c1-17-7-3-6(4-8(18-2)10(7)16)19-5-9(11)13-15(12)14-19/h3-5,13-14H,12H2,1-2H3/p+1. The van der Waals surface area contributed by atoms with Gasteiger partial charge in [-0.2, -0.15) is 0 Å².